The summed E-state index contributed by atoms with van der Waals surface area (Å²) in [4.78, 5) is 0. The Morgan fingerprint density at radius 3 is 2.25 bits per heavy atom. The van der Waals surface area contributed by atoms with Crippen molar-refractivity contribution in [3.63, 3.8) is 0 Å². The minimum Gasteiger partial charge on any atom is -0.488 e. The Morgan fingerprint density at radius 1 is 1.12 bits per heavy atom. The van der Waals surface area contributed by atoms with E-state index < -0.39 is 0 Å². The minimum atomic E-state index is -0.145. The molecular weight excluding hydrogens is 268 g/mol. The lowest BCUT2D eigenvalue weighted by Gasteiger charge is -2.21. The molecule has 0 saturated carbocycles. The largest absolute Gasteiger partial charge is 0.488 e. The molecule has 0 bridgehead atoms. The van der Waals surface area contributed by atoms with Gasteiger partial charge in [-0.2, -0.15) is 0 Å². The summed E-state index contributed by atoms with van der Waals surface area (Å²) in [6.45, 7) is 7.52. The van der Waals surface area contributed by atoms with Gasteiger partial charge in [0.1, 0.15) is 11.4 Å². The smallest absolute Gasteiger partial charge is 0.120 e. The monoisotopic (exact) mass is 286 g/mol. The van der Waals surface area contributed by atoms with Gasteiger partial charge in [0.25, 0.3) is 0 Å². The molecule has 0 aromatic heterocycles. The topological polar surface area (TPSA) is 18.5 Å². The highest BCUT2D eigenvalue weighted by atomic mass is 79.9. The molecule has 0 unspecified atom stereocenters. The quantitative estimate of drug-likeness (QED) is 0.606. The molecule has 0 heterocycles. The Labute approximate surface area is 106 Å². The van der Waals surface area contributed by atoms with Crippen molar-refractivity contribution in [2.45, 2.75) is 33.0 Å². The molecule has 1 aromatic rings. The van der Waals surface area contributed by atoms with Gasteiger partial charge in [-0.1, -0.05) is 28.1 Å². The van der Waals surface area contributed by atoms with E-state index >= 15 is 0 Å². The average Bonchev–Trinajstić information content (AvgIpc) is 2.19. The lowest BCUT2D eigenvalue weighted by molar-refractivity contribution is 0.129. The van der Waals surface area contributed by atoms with Crippen LogP contribution in [0.5, 0.6) is 5.75 Å². The molecule has 0 aliphatic rings. The van der Waals surface area contributed by atoms with Gasteiger partial charge in [0.05, 0.1) is 13.2 Å². The van der Waals surface area contributed by atoms with Gasteiger partial charge in [0.15, 0.2) is 0 Å². The summed E-state index contributed by atoms with van der Waals surface area (Å²) in [6.07, 6.45) is 0. The maximum atomic E-state index is 5.73. The van der Waals surface area contributed by atoms with Crippen molar-refractivity contribution in [1.29, 1.82) is 0 Å². The molecule has 1 rings (SSSR count). The third-order valence-corrected chi connectivity index (χ3v) is 2.16. The van der Waals surface area contributed by atoms with E-state index in [4.69, 9.17) is 9.47 Å². The molecule has 0 radical (unpaired) electrons. The fourth-order valence-corrected chi connectivity index (χ4v) is 1.48. The Kier molecular flexibility index (Phi) is 5.29. The first-order valence-electron chi connectivity index (χ1n) is 5.43. The molecular formula is C13H19BrO2. The summed E-state index contributed by atoms with van der Waals surface area (Å²) in [6, 6.07) is 8.04. The van der Waals surface area contributed by atoms with E-state index in [0.29, 0.717) is 6.61 Å². The van der Waals surface area contributed by atoms with Crippen LogP contribution in [0.25, 0.3) is 0 Å². The standard InChI is InChI=1S/C13H19BrO2/c1-13(2,3)16-12-6-4-11(5-7-12)10-15-9-8-14/h4-7H,8-10H2,1-3H3. The Hall–Kier alpha value is -0.540. The molecule has 2 nitrogen and oxygen atoms in total. The summed E-state index contributed by atoms with van der Waals surface area (Å²) in [7, 11) is 0. The number of ether oxygens (including phenoxy) is 2. The van der Waals surface area contributed by atoms with Crippen molar-refractivity contribution in [2.75, 3.05) is 11.9 Å². The van der Waals surface area contributed by atoms with Crippen LogP contribution in [0, 0.1) is 0 Å². The van der Waals surface area contributed by atoms with Crippen LogP contribution >= 0.6 is 15.9 Å². The van der Waals surface area contributed by atoms with Crippen molar-refractivity contribution in [3.8, 4) is 5.75 Å². The van der Waals surface area contributed by atoms with E-state index in [9.17, 15) is 0 Å². The molecule has 3 heteroatoms. The number of hydrogen-bond acceptors (Lipinski definition) is 2. The number of hydrogen-bond donors (Lipinski definition) is 0. The SMILES string of the molecule is CC(C)(C)Oc1ccc(COCCBr)cc1. The van der Waals surface area contributed by atoms with E-state index in [1.54, 1.807) is 0 Å². The number of halogens is 1. The molecule has 90 valence electrons. The molecule has 0 amide bonds. The van der Waals surface area contributed by atoms with Gasteiger partial charge in [0, 0.05) is 5.33 Å². The van der Waals surface area contributed by atoms with Crippen LogP contribution in [0.3, 0.4) is 0 Å². The van der Waals surface area contributed by atoms with Crippen molar-refractivity contribution in [3.05, 3.63) is 29.8 Å². The highest BCUT2D eigenvalue weighted by Crippen LogP contribution is 2.18. The van der Waals surface area contributed by atoms with Gasteiger partial charge in [-0.25, -0.2) is 0 Å². The molecule has 0 fully saturated rings. The van der Waals surface area contributed by atoms with Gasteiger partial charge in [0.2, 0.25) is 0 Å². The summed E-state index contributed by atoms with van der Waals surface area (Å²) in [5.74, 6) is 0.900. The van der Waals surface area contributed by atoms with Crippen LogP contribution < -0.4 is 4.74 Å². The van der Waals surface area contributed by atoms with E-state index in [1.165, 1.54) is 5.56 Å². The van der Waals surface area contributed by atoms with Gasteiger partial charge in [-0.3, -0.25) is 0 Å². The molecule has 0 aliphatic heterocycles. The third-order valence-electron chi connectivity index (χ3n) is 1.84. The normalized spacial score (nSPS) is 11.5. The van der Waals surface area contributed by atoms with Gasteiger partial charge in [-0.05, 0) is 38.5 Å². The molecule has 0 saturated heterocycles. The number of benzene rings is 1. The van der Waals surface area contributed by atoms with E-state index in [0.717, 1.165) is 17.7 Å². The maximum Gasteiger partial charge on any atom is 0.120 e. The minimum absolute atomic E-state index is 0.145. The van der Waals surface area contributed by atoms with Crippen molar-refractivity contribution in [1.82, 2.24) is 0 Å². The molecule has 0 spiro atoms. The summed E-state index contributed by atoms with van der Waals surface area (Å²) < 4.78 is 11.2. The molecule has 0 atom stereocenters. The zero-order chi connectivity index (χ0) is 12.0. The zero-order valence-corrected chi connectivity index (χ0v) is 11.7. The second kappa shape index (κ2) is 6.26. The predicted molar refractivity (Wildman–Crippen MR) is 70.3 cm³/mol. The van der Waals surface area contributed by atoms with Crippen molar-refractivity contribution in [2.24, 2.45) is 0 Å². The fourth-order valence-electron chi connectivity index (χ4n) is 1.25. The van der Waals surface area contributed by atoms with E-state index in [-0.39, 0.29) is 5.60 Å². The molecule has 0 aliphatic carbocycles. The molecule has 1 aromatic carbocycles. The zero-order valence-electron chi connectivity index (χ0n) is 10.1. The summed E-state index contributed by atoms with van der Waals surface area (Å²) in [5.41, 5.74) is 1.02. The van der Waals surface area contributed by atoms with Gasteiger partial charge >= 0.3 is 0 Å². The van der Waals surface area contributed by atoms with Crippen LogP contribution in [-0.4, -0.2) is 17.5 Å². The van der Waals surface area contributed by atoms with Crippen LogP contribution in [0.4, 0.5) is 0 Å². The van der Waals surface area contributed by atoms with Crippen LogP contribution in [0.1, 0.15) is 26.3 Å². The predicted octanol–water partition coefficient (Wildman–Crippen LogP) is 3.78. The molecule has 0 N–H and O–H groups in total. The van der Waals surface area contributed by atoms with Crippen LogP contribution in [-0.2, 0) is 11.3 Å². The highest BCUT2D eigenvalue weighted by molar-refractivity contribution is 9.09. The van der Waals surface area contributed by atoms with Crippen molar-refractivity contribution < 1.29 is 9.47 Å². The first-order chi connectivity index (χ1) is 7.51. The Morgan fingerprint density at radius 2 is 1.75 bits per heavy atom. The highest BCUT2D eigenvalue weighted by Gasteiger charge is 2.11. The average molecular weight is 287 g/mol. The second-order valence-corrected chi connectivity index (χ2v) is 5.39. The summed E-state index contributed by atoms with van der Waals surface area (Å²) >= 11 is 3.32. The number of rotatable bonds is 5. The lowest BCUT2D eigenvalue weighted by Crippen LogP contribution is -2.22. The number of alkyl halides is 1. The van der Waals surface area contributed by atoms with Crippen molar-refractivity contribution >= 4 is 15.9 Å². The Bertz CT molecular complexity index is 301. The lowest BCUT2D eigenvalue weighted by atomic mass is 10.2. The summed E-state index contributed by atoms with van der Waals surface area (Å²) in [5, 5.41) is 0.873. The van der Waals surface area contributed by atoms with Crippen LogP contribution in [0.15, 0.2) is 24.3 Å². The Balaban J connectivity index is 2.48. The second-order valence-electron chi connectivity index (χ2n) is 4.60. The first-order valence-corrected chi connectivity index (χ1v) is 6.55. The van der Waals surface area contributed by atoms with E-state index in [1.807, 2.05) is 45.0 Å². The first kappa shape index (κ1) is 13.5. The molecule has 16 heavy (non-hydrogen) atoms. The maximum absolute atomic E-state index is 5.73. The fraction of sp³-hybridized carbons (Fsp3) is 0.538. The van der Waals surface area contributed by atoms with Crippen LogP contribution in [0.2, 0.25) is 0 Å². The third kappa shape index (κ3) is 5.52. The van der Waals surface area contributed by atoms with Gasteiger partial charge < -0.3 is 9.47 Å². The van der Waals surface area contributed by atoms with Gasteiger partial charge in [-0.15, -0.1) is 0 Å². The van der Waals surface area contributed by atoms with E-state index in [2.05, 4.69) is 15.9 Å².